The van der Waals surface area contributed by atoms with Crippen molar-refractivity contribution in [2.45, 2.75) is 25.8 Å². The molecule has 0 aliphatic carbocycles. The third kappa shape index (κ3) is 3.27. The van der Waals surface area contributed by atoms with Gasteiger partial charge in [0.1, 0.15) is 5.82 Å². The molecule has 1 aromatic rings. The number of nitrogens with one attached hydrogen (secondary N) is 1. The van der Waals surface area contributed by atoms with E-state index in [1.807, 2.05) is 13.8 Å². The van der Waals surface area contributed by atoms with Crippen LogP contribution in [0.5, 0.6) is 0 Å². The fourth-order valence-corrected chi connectivity index (χ4v) is 1.64. The molecule has 0 saturated carbocycles. The second kappa shape index (κ2) is 5.39. The van der Waals surface area contributed by atoms with Crippen LogP contribution >= 0.6 is 15.9 Å². The minimum atomic E-state index is -0.510. The van der Waals surface area contributed by atoms with Crippen molar-refractivity contribution in [3.8, 4) is 0 Å². The van der Waals surface area contributed by atoms with Crippen LogP contribution in [0.3, 0.4) is 0 Å². The van der Waals surface area contributed by atoms with Crippen LogP contribution in [0.15, 0.2) is 18.5 Å². The zero-order valence-corrected chi connectivity index (χ0v) is 10.8. The van der Waals surface area contributed by atoms with Gasteiger partial charge in [0, 0.05) is 17.1 Å². The van der Waals surface area contributed by atoms with E-state index in [4.69, 9.17) is 0 Å². The van der Waals surface area contributed by atoms with E-state index >= 15 is 0 Å². The number of halogens is 2. The summed E-state index contributed by atoms with van der Waals surface area (Å²) in [5.74, 6) is -0.819. The van der Waals surface area contributed by atoms with E-state index in [9.17, 15) is 9.18 Å². The molecule has 0 spiro atoms. The Morgan fingerprint density at radius 2 is 2.31 bits per heavy atom. The first-order valence-corrected chi connectivity index (χ1v) is 6.12. The molecule has 3 nitrogen and oxygen atoms in total. The van der Waals surface area contributed by atoms with E-state index in [-0.39, 0.29) is 17.0 Å². The summed E-state index contributed by atoms with van der Waals surface area (Å²) in [4.78, 5) is 15.4. The van der Waals surface area contributed by atoms with Crippen molar-refractivity contribution < 1.29 is 9.18 Å². The SMILES string of the molecule is CCC(C)(CBr)NC(=O)c1cncc(F)c1. The topological polar surface area (TPSA) is 42.0 Å². The number of amides is 1. The molecular formula is C11H14BrFN2O. The molecule has 0 radical (unpaired) electrons. The number of aromatic nitrogens is 1. The van der Waals surface area contributed by atoms with Crippen LogP contribution in [0, 0.1) is 5.82 Å². The molecule has 0 bridgehead atoms. The monoisotopic (exact) mass is 288 g/mol. The van der Waals surface area contributed by atoms with Crippen molar-refractivity contribution in [2.24, 2.45) is 0 Å². The van der Waals surface area contributed by atoms with Gasteiger partial charge in [-0.05, 0) is 19.4 Å². The van der Waals surface area contributed by atoms with Gasteiger partial charge in [-0.2, -0.15) is 0 Å². The van der Waals surface area contributed by atoms with Crippen molar-refractivity contribution in [2.75, 3.05) is 5.33 Å². The fraction of sp³-hybridized carbons (Fsp3) is 0.455. The smallest absolute Gasteiger partial charge is 0.253 e. The van der Waals surface area contributed by atoms with Gasteiger partial charge < -0.3 is 5.32 Å². The average Bonchev–Trinajstić information content (AvgIpc) is 2.29. The van der Waals surface area contributed by atoms with Crippen LogP contribution in [0.25, 0.3) is 0 Å². The average molecular weight is 289 g/mol. The summed E-state index contributed by atoms with van der Waals surface area (Å²) in [6.07, 6.45) is 3.20. The lowest BCUT2D eigenvalue weighted by molar-refractivity contribution is 0.0912. The van der Waals surface area contributed by atoms with Crippen LogP contribution in [0.2, 0.25) is 0 Å². The Kier molecular flexibility index (Phi) is 4.41. The van der Waals surface area contributed by atoms with Gasteiger partial charge in [-0.15, -0.1) is 0 Å². The zero-order valence-electron chi connectivity index (χ0n) is 9.26. The van der Waals surface area contributed by atoms with Gasteiger partial charge in [-0.3, -0.25) is 9.78 Å². The van der Waals surface area contributed by atoms with Gasteiger partial charge in [-0.25, -0.2) is 4.39 Å². The van der Waals surface area contributed by atoms with Crippen LogP contribution in [-0.2, 0) is 0 Å². The highest BCUT2D eigenvalue weighted by Gasteiger charge is 2.23. The van der Waals surface area contributed by atoms with Crippen molar-refractivity contribution >= 4 is 21.8 Å². The highest BCUT2D eigenvalue weighted by molar-refractivity contribution is 9.09. The summed E-state index contributed by atoms with van der Waals surface area (Å²) in [5, 5.41) is 3.49. The minimum absolute atomic E-state index is 0.237. The Morgan fingerprint density at radius 3 is 2.81 bits per heavy atom. The Hall–Kier alpha value is -0.970. The number of alkyl halides is 1. The summed E-state index contributed by atoms with van der Waals surface area (Å²) in [5.41, 5.74) is -0.0933. The Morgan fingerprint density at radius 1 is 1.62 bits per heavy atom. The first kappa shape index (κ1) is 13.1. The van der Waals surface area contributed by atoms with Crippen LogP contribution in [0.4, 0.5) is 4.39 Å². The Bertz CT molecular complexity index is 380. The standard InChI is InChI=1S/C11H14BrFN2O/c1-3-11(2,7-12)15-10(16)8-4-9(13)6-14-5-8/h4-6H,3,7H2,1-2H3,(H,15,16). The molecule has 1 unspecified atom stereocenters. The summed E-state index contributed by atoms with van der Waals surface area (Å²) in [7, 11) is 0. The maximum Gasteiger partial charge on any atom is 0.253 e. The lowest BCUT2D eigenvalue weighted by atomic mass is 10.0. The van der Waals surface area contributed by atoms with Gasteiger partial charge in [0.05, 0.1) is 11.8 Å². The highest BCUT2D eigenvalue weighted by Crippen LogP contribution is 2.13. The maximum atomic E-state index is 12.9. The molecular weight excluding hydrogens is 275 g/mol. The molecule has 0 fully saturated rings. The van der Waals surface area contributed by atoms with E-state index < -0.39 is 5.82 Å². The first-order valence-electron chi connectivity index (χ1n) is 5.00. The molecule has 1 heterocycles. The molecule has 1 rings (SSSR count). The number of carbonyl (C=O) groups excluding carboxylic acids is 1. The van der Waals surface area contributed by atoms with E-state index in [1.54, 1.807) is 0 Å². The Balaban J connectivity index is 2.80. The summed E-state index contributed by atoms with van der Waals surface area (Å²) < 4.78 is 12.9. The molecule has 1 N–H and O–H groups in total. The molecule has 0 saturated heterocycles. The number of pyridine rings is 1. The second-order valence-electron chi connectivity index (χ2n) is 3.89. The van der Waals surface area contributed by atoms with Crippen LogP contribution < -0.4 is 5.32 Å². The van der Waals surface area contributed by atoms with Crippen molar-refractivity contribution in [1.82, 2.24) is 10.3 Å². The predicted octanol–water partition coefficient (Wildman–Crippen LogP) is 2.51. The minimum Gasteiger partial charge on any atom is -0.346 e. The number of rotatable bonds is 4. The van der Waals surface area contributed by atoms with Gasteiger partial charge in [0.25, 0.3) is 5.91 Å². The van der Waals surface area contributed by atoms with Crippen molar-refractivity contribution in [3.63, 3.8) is 0 Å². The molecule has 0 aromatic carbocycles. The van der Waals surface area contributed by atoms with Crippen molar-refractivity contribution in [3.05, 3.63) is 29.8 Å². The third-order valence-corrected chi connectivity index (χ3v) is 3.70. The van der Waals surface area contributed by atoms with E-state index in [1.165, 1.54) is 12.3 Å². The van der Waals surface area contributed by atoms with Gasteiger partial charge in [0.15, 0.2) is 0 Å². The van der Waals surface area contributed by atoms with E-state index in [0.29, 0.717) is 5.33 Å². The van der Waals surface area contributed by atoms with Crippen molar-refractivity contribution in [1.29, 1.82) is 0 Å². The molecule has 1 aromatic heterocycles. The highest BCUT2D eigenvalue weighted by atomic mass is 79.9. The molecule has 1 amide bonds. The Labute approximate surface area is 103 Å². The summed E-state index contributed by atoms with van der Waals surface area (Å²) >= 11 is 3.34. The molecule has 16 heavy (non-hydrogen) atoms. The zero-order chi connectivity index (χ0) is 12.2. The van der Waals surface area contributed by atoms with E-state index in [2.05, 4.69) is 26.2 Å². The normalized spacial score (nSPS) is 14.2. The van der Waals surface area contributed by atoms with Gasteiger partial charge >= 0.3 is 0 Å². The fourth-order valence-electron chi connectivity index (χ4n) is 1.10. The second-order valence-corrected chi connectivity index (χ2v) is 4.45. The van der Waals surface area contributed by atoms with Gasteiger partial charge in [-0.1, -0.05) is 22.9 Å². The molecule has 0 aliphatic heterocycles. The molecule has 5 heteroatoms. The number of carbonyl (C=O) groups is 1. The van der Waals surface area contributed by atoms with E-state index in [0.717, 1.165) is 12.6 Å². The summed E-state index contributed by atoms with van der Waals surface area (Å²) in [6.45, 7) is 3.90. The molecule has 88 valence electrons. The lowest BCUT2D eigenvalue weighted by Crippen LogP contribution is -2.47. The summed E-state index contributed by atoms with van der Waals surface area (Å²) in [6, 6.07) is 1.17. The maximum absolute atomic E-state index is 12.9. The van der Waals surface area contributed by atoms with Crippen LogP contribution in [-0.4, -0.2) is 21.8 Å². The largest absolute Gasteiger partial charge is 0.346 e. The van der Waals surface area contributed by atoms with Gasteiger partial charge in [0.2, 0.25) is 0 Å². The first-order chi connectivity index (χ1) is 7.50. The number of hydrogen-bond donors (Lipinski definition) is 1. The third-order valence-electron chi connectivity index (χ3n) is 2.46. The quantitative estimate of drug-likeness (QED) is 0.865. The molecule has 1 atom stereocenters. The molecule has 0 aliphatic rings. The van der Waals surface area contributed by atoms with Crippen LogP contribution in [0.1, 0.15) is 30.6 Å². The lowest BCUT2D eigenvalue weighted by Gasteiger charge is -2.27. The number of nitrogens with zero attached hydrogens (tertiary/aromatic N) is 1. The predicted molar refractivity (Wildman–Crippen MR) is 64.2 cm³/mol. The number of hydrogen-bond acceptors (Lipinski definition) is 2.